The van der Waals surface area contributed by atoms with Crippen LogP contribution in [0.1, 0.15) is 39.5 Å². The number of rotatable bonds is 5. The van der Waals surface area contributed by atoms with Gasteiger partial charge in [-0.3, -0.25) is 9.69 Å². The number of hydrogen-bond acceptors (Lipinski definition) is 3. The average molecular weight is 241 g/mol. The zero-order valence-corrected chi connectivity index (χ0v) is 11.2. The van der Waals surface area contributed by atoms with Gasteiger partial charge in [-0.05, 0) is 45.3 Å². The third kappa shape index (κ3) is 5.04. The standard InChI is InChI=1S/C13H27N3O/c1-11(9-14)10-15-13(17)12(2)16-7-5-3-4-6-8-16/h11-12H,3-10,14H2,1-2H3,(H,15,17). The Kier molecular flexibility index (Phi) is 6.52. The molecule has 1 fully saturated rings. The molecule has 1 saturated heterocycles. The van der Waals surface area contributed by atoms with Crippen molar-refractivity contribution in [1.29, 1.82) is 0 Å². The summed E-state index contributed by atoms with van der Waals surface area (Å²) < 4.78 is 0. The highest BCUT2D eigenvalue weighted by Crippen LogP contribution is 2.12. The van der Waals surface area contributed by atoms with Gasteiger partial charge in [-0.2, -0.15) is 0 Å². The molecule has 0 radical (unpaired) electrons. The number of amides is 1. The Morgan fingerprint density at radius 1 is 1.24 bits per heavy atom. The normalized spacial score (nSPS) is 21.6. The first-order valence-electron chi connectivity index (χ1n) is 6.87. The molecular formula is C13H27N3O. The summed E-state index contributed by atoms with van der Waals surface area (Å²) in [4.78, 5) is 14.3. The minimum atomic E-state index is -0.00178. The molecule has 0 aromatic rings. The van der Waals surface area contributed by atoms with Crippen molar-refractivity contribution in [2.24, 2.45) is 11.7 Å². The molecule has 1 heterocycles. The average Bonchev–Trinajstić information content (AvgIpc) is 2.63. The molecule has 3 N–H and O–H groups in total. The zero-order chi connectivity index (χ0) is 12.7. The van der Waals surface area contributed by atoms with Crippen LogP contribution in [0, 0.1) is 5.92 Å². The lowest BCUT2D eigenvalue weighted by Crippen LogP contribution is -2.46. The molecule has 2 atom stereocenters. The third-order valence-electron chi connectivity index (χ3n) is 3.59. The summed E-state index contributed by atoms with van der Waals surface area (Å²) in [5, 5.41) is 2.99. The van der Waals surface area contributed by atoms with Crippen LogP contribution in [-0.4, -0.2) is 43.0 Å². The summed E-state index contributed by atoms with van der Waals surface area (Å²) in [6.45, 7) is 7.48. The monoisotopic (exact) mass is 241 g/mol. The van der Waals surface area contributed by atoms with Gasteiger partial charge in [0.2, 0.25) is 5.91 Å². The largest absolute Gasteiger partial charge is 0.354 e. The Labute approximate surface area is 105 Å². The summed E-state index contributed by atoms with van der Waals surface area (Å²) in [6.07, 6.45) is 5.04. The minimum Gasteiger partial charge on any atom is -0.354 e. The van der Waals surface area contributed by atoms with Gasteiger partial charge in [0, 0.05) is 6.54 Å². The van der Waals surface area contributed by atoms with E-state index in [1.807, 2.05) is 6.92 Å². The molecule has 2 unspecified atom stereocenters. The SMILES string of the molecule is CC(CN)CNC(=O)C(C)N1CCCCCC1. The van der Waals surface area contributed by atoms with Crippen LogP contribution in [0.2, 0.25) is 0 Å². The predicted molar refractivity (Wildman–Crippen MR) is 70.7 cm³/mol. The van der Waals surface area contributed by atoms with E-state index in [1.54, 1.807) is 0 Å². The highest BCUT2D eigenvalue weighted by atomic mass is 16.2. The Hall–Kier alpha value is -0.610. The lowest BCUT2D eigenvalue weighted by Gasteiger charge is -2.27. The molecule has 0 bridgehead atoms. The second kappa shape index (κ2) is 7.67. The molecule has 4 heteroatoms. The van der Waals surface area contributed by atoms with E-state index in [0.29, 0.717) is 19.0 Å². The molecule has 4 nitrogen and oxygen atoms in total. The molecule has 100 valence electrons. The molecule has 1 amide bonds. The Bertz CT molecular complexity index is 225. The van der Waals surface area contributed by atoms with Crippen molar-refractivity contribution in [2.45, 2.75) is 45.6 Å². The second-order valence-corrected chi connectivity index (χ2v) is 5.21. The number of hydrogen-bond donors (Lipinski definition) is 2. The van der Waals surface area contributed by atoms with E-state index in [4.69, 9.17) is 5.73 Å². The molecule has 0 aromatic carbocycles. The Morgan fingerprint density at radius 2 is 1.82 bits per heavy atom. The quantitative estimate of drug-likeness (QED) is 0.754. The van der Waals surface area contributed by atoms with Crippen molar-refractivity contribution in [3.05, 3.63) is 0 Å². The van der Waals surface area contributed by atoms with E-state index in [-0.39, 0.29) is 11.9 Å². The first-order chi connectivity index (χ1) is 8.15. The van der Waals surface area contributed by atoms with Gasteiger partial charge in [0.25, 0.3) is 0 Å². The van der Waals surface area contributed by atoms with Crippen LogP contribution in [-0.2, 0) is 4.79 Å². The first-order valence-corrected chi connectivity index (χ1v) is 6.87. The van der Waals surface area contributed by atoms with Crippen LogP contribution in [0.15, 0.2) is 0 Å². The van der Waals surface area contributed by atoms with Gasteiger partial charge in [0.05, 0.1) is 6.04 Å². The summed E-state index contributed by atoms with van der Waals surface area (Å²) in [7, 11) is 0. The van der Waals surface area contributed by atoms with Crippen LogP contribution in [0.4, 0.5) is 0 Å². The van der Waals surface area contributed by atoms with Crippen molar-refractivity contribution in [3.63, 3.8) is 0 Å². The van der Waals surface area contributed by atoms with Crippen LogP contribution in [0.5, 0.6) is 0 Å². The Morgan fingerprint density at radius 3 is 2.35 bits per heavy atom. The maximum atomic E-state index is 12.0. The highest BCUT2D eigenvalue weighted by molar-refractivity contribution is 5.81. The number of carbonyl (C=O) groups is 1. The zero-order valence-electron chi connectivity index (χ0n) is 11.2. The fourth-order valence-electron chi connectivity index (χ4n) is 2.15. The van der Waals surface area contributed by atoms with Gasteiger partial charge >= 0.3 is 0 Å². The predicted octanol–water partition coefficient (Wildman–Crippen LogP) is 0.962. The van der Waals surface area contributed by atoms with Gasteiger partial charge in [0.1, 0.15) is 0 Å². The number of carbonyl (C=O) groups excluding carboxylic acids is 1. The highest BCUT2D eigenvalue weighted by Gasteiger charge is 2.21. The lowest BCUT2D eigenvalue weighted by atomic mass is 10.1. The minimum absolute atomic E-state index is 0.00178. The molecule has 17 heavy (non-hydrogen) atoms. The van der Waals surface area contributed by atoms with E-state index in [9.17, 15) is 4.79 Å². The van der Waals surface area contributed by atoms with Crippen LogP contribution >= 0.6 is 0 Å². The fraction of sp³-hybridized carbons (Fsp3) is 0.923. The van der Waals surface area contributed by atoms with E-state index >= 15 is 0 Å². The molecular weight excluding hydrogens is 214 g/mol. The number of nitrogens with one attached hydrogen (secondary N) is 1. The van der Waals surface area contributed by atoms with Crippen molar-refractivity contribution in [1.82, 2.24) is 10.2 Å². The maximum absolute atomic E-state index is 12.0. The number of nitrogens with two attached hydrogens (primary N) is 1. The van der Waals surface area contributed by atoms with Gasteiger partial charge in [-0.25, -0.2) is 0 Å². The van der Waals surface area contributed by atoms with Crippen molar-refractivity contribution in [2.75, 3.05) is 26.2 Å². The molecule has 0 aromatic heterocycles. The molecule has 1 aliphatic rings. The van der Waals surface area contributed by atoms with Gasteiger partial charge in [-0.1, -0.05) is 19.8 Å². The molecule has 1 rings (SSSR count). The smallest absolute Gasteiger partial charge is 0.237 e. The van der Waals surface area contributed by atoms with Crippen LogP contribution in [0.25, 0.3) is 0 Å². The van der Waals surface area contributed by atoms with Crippen LogP contribution < -0.4 is 11.1 Å². The summed E-state index contributed by atoms with van der Waals surface area (Å²) in [6, 6.07) is -0.00178. The van der Waals surface area contributed by atoms with Gasteiger partial charge in [0.15, 0.2) is 0 Å². The van der Waals surface area contributed by atoms with Gasteiger partial charge < -0.3 is 11.1 Å². The summed E-state index contributed by atoms with van der Waals surface area (Å²) >= 11 is 0. The van der Waals surface area contributed by atoms with Crippen molar-refractivity contribution >= 4 is 5.91 Å². The first kappa shape index (κ1) is 14.5. The van der Waals surface area contributed by atoms with E-state index in [1.165, 1.54) is 25.7 Å². The second-order valence-electron chi connectivity index (χ2n) is 5.21. The molecule has 1 aliphatic heterocycles. The topological polar surface area (TPSA) is 58.4 Å². The van der Waals surface area contributed by atoms with E-state index in [2.05, 4.69) is 17.1 Å². The number of likely N-dealkylation sites (tertiary alicyclic amines) is 1. The Balaban J connectivity index is 2.33. The van der Waals surface area contributed by atoms with Crippen molar-refractivity contribution < 1.29 is 4.79 Å². The lowest BCUT2D eigenvalue weighted by molar-refractivity contribution is -0.126. The molecule has 0 spiro atoms. The van der Waals surface area contributed by atoms with Crippen LogP contribution in [0.3, 0.4) is 0 Å². The fourth-order valence-corrected chi connectivity index (χ4v) is 2.15. The van der Waals surface area contributed by atoms with E-state index in [0.717, 1.165) is 13.1 Å². The summed E-state index contributed by atoms with van der Waals surface area (Å²) in [5.74, 6) is 0.502. The third-order valence-corrected chi connectivity index (χ3v) is 3.59. The molecule has 0 aliphatic carbocycles. The number of nitrogens with zero attached hydrogens (tertiary/aromatic N) is 1. The molecule has 0 saturated carbocycles. The van der Waals surface area contributed by atoms with Crippen molar-refractivity contribution in [3.8, 4) is 0 Å². The maximum Gasteiger partial charge on any atom is 0.237 e. The summed E-state index contributed by atoms with van der Waals surface area (Å²) in [5.41, 5.74) is 5.54. The van der Waals surface area contributed by atoms with Gasteiger partial charge in [-0.15, -0.1) is 0 Å². The van der Waals surface area contributed by atoms with E-state index < -0.39 is 0 Å².